The first-order chi connectivity index (χ1) is 17.6. The summed E-state index contributed by atoms with van der Waals surface area (Å²) in [7, 11) is 0. The van der Waals surface area contributed by atoms with Crippen LogP contribution in [-0.2, 0) is 22.6 Å². The molecule has 4 aromatic carbocycles. The van der Waals surface area contributed by atoms with E-state index in [2.05, 4.69) is 31.2 Å². The Morgan fingerprint density at radius 2 is 1.17 bits per heavy atom. The predicted octanol–water partition coefficient (Wildman–Crippen LogP) is 7.32. The van der Waals surface area contributed by atoms with Crippen molar-refractivity contribution in [2.24, 2.45) is 0 Å². The van der Waals surface area contributed by atoms with Gasteiger partial charge in [-0.3, -0.25) is 4.79 Å². The van der Waals surface area contributed by atoms with Gasteiger partial charge in [-0.05, 0) is 59.9 Å². The SMILES string of the molecule is CCC(C)Oc1ccc(COC(=O)Cc2ccc(OC(c3ccccc3)c3ccccc3)cc2)cc1. The van der Waals surface area contributed by atoms with Gasteiger partial charge in [0.05, 0.1) is 12.5 Å². The number of ether oxygens (including phenoxy) is 3. The molecule has 4 nitrogen and oxygen atoms in total. The average Bonchev–Trinajstić information content (AvgIpc) is 2.93. The fourth-order valence-electron chi connectivity index (χ4n) is 3.77. The molecule has 0 bridgehead atoms. The van der Waals surface area contributed by atoms with Crippen LogP contribution in [0.15, 0.2) is 109 Å². The standard InChI is InChI=1S/C32H32O4/c1-3-24(2)35-29-20-16-26(17-21-29)23-34-31(33)22-25-14-18-30(19-15-25)36-32(27-10-6-4-7-11-27)28-12-8-5-9-13-28/h4-21,24,32H,3,22-23H2,1-2H3. The van der Waals surface area contributed by atoms with Gasteiger partial charge in [-0.2, -0.15) is 0 Å². The van der Waals surface area contributed by atoms with Crippen LogP contribution < -0.4 is 9.47 Å². The van der Waals surface area contributed by atoms with E-state index in [1.165, 1.54) is 0 Å². The highest BCUT2D eigenvalue weighted by molar-refractivity contribution is 5.72. The number of esters is 1. The van der Waals surface area contributed by atoms with Gasteiger partial charge in [-0.1, -0.05) is 91.9 Å². The molecule has 0 aliphatic carbocycles. The molecule has 4 aromatic rings. The van der Waals surface area contributed by atoms with Crippen molar-refractivity contribution in [2.75, 3.05) is 0 Å². The number of carbonyl (C=O) groups is 1. The largest absolute Gasteiger partial charge is 0.491 e. The van der Waals surface area contributed by atoms with Crippen LogP contribution in [0.4, 0.5) is 0 Å². The van der Waals surface area contributed by atoms with Gasteiger partial charge in [0.15, 0.2) is 0 Å². The fraction of sp³-hybridized carbons (Fsp3) is 0.219. The van der Waals surface area contributed by atoms with Gasteiger partial charge in [0.1, 0.15) is 24.2 Å². The monoisotopic (exact) mass is 480 g/mol. The van der Waals surface area contributed by atoms with Gasteiger partial charge < -0.3 is 14.2 Å². The molecule has 4 heteroatoms. The van der Waals surface area contributed by atoms with E-state index in [0.717, 1.165) is 40.2 Å². The molecule has 4 rings (SSSR count). The first kappa shape index (κ1) is 25.1. The first-order valence-corrected chi connectivity index (χ1v) is 12.4. The number of benzene rings is 4. The lowest BCUT2D eigenvalue weighted by Crippen LogP contribution is -2.10. The summed E-state index contributed by atoms with van der Waals surface area (Å²) in [6.45, 7) is 4.37. The van der Waals surface area contributed by atoms with E-state index in [4.69, 9.17) is 14.2 Å². The van der Waals surface area contributed by atoms with Gasteiger partial charge in [-0.15, -0.1) is 0 Å². The van der Waals surface area contributed by atoms with Crippen LogP contribution in [0, 0.1) is 0 Å². The Bertz CT molecular complexity index is 1160. The van der Waals surface area contributed by atoms with Gasteiger partial charge >= 0.3 is 5.97 Å². The summed E-state index contributed by atoms with van der Waals surface area (Å²) in [6.07, 6.45) is 1.11. The molecule has 0 N–H and O–H groups in total. The molecule has 0 aliphatic rings. The highest BCUT2D eigenvalue weighted by Gasteiger charge is 2.16. The molecule has 0 aromatic heterocycles. The summed E-state index contributed by atoms with van der Waals surface area (Å²) in [5.41, 5.74) is 3.96. The van der Waals surface area contributed by atoms with Crippen molar-refractivity contribution in [2.45, 2.75) is 45.5 Å². The summed E-state index contributed by atoms with van der Waals surface area (Å²) < 4.78 is 17.6. The van der Waals surface area contributed by atoms with E-state index in [1.54, 1.807) is 0 Å². The topological polar surface area (TPSA) is 44.8 Å². The van der Waals surface area contributed by atoms with Crippen molar-refractivity contribution in [3.05, 3.63) is 131 Å². The summed E-state index contributed by atoms with van der Waals surface area (Å²) in [5.74, 6) is 1.29. The number of hydrogen-bond donors (Lipinski definition) is 0. The highest BCUT2D eigenvalue weighted by Crippen LogP contribution is 2.28. The molecule has 1 unspecified atom stereocenters. The number of carbonyl (C=O) groups excluding carboxylic acids is 1. The van der Waals surface area contributed by atoms with E-state index < -0.39 is 0 Å². The lowest BCUT2D eigenvalue weighted by Gasteiger charge is -2.20. The van der Waals surface area contributed by atoms with Gasteiger partial charge in [-0.25, -0.2) is 0 Å². The molecular formula is C32H32O4. The van der Waals surface area contributed by atoms with Crippen molar-refractivity contribution in [1.82, 2.24) is 0 Å². The van der Waals surface area contributed by atoms with E-state index in [9.17, 15) is 4.79 Å². The third kappa shape index (κ3) is 7.22. The molecule has 0 saturated carbocycles. The minimum atomic E-state index is -0.268. The second-order valence-electron chi connectivity index (χ2n) is 8.78. The van der Waals surface area contributed by atoms with E-state index in [-0.39, 0.29) is 31.2 Å². The Morgan fingerprint density at radius 1 is 0.667 bits per heavy atom. The Balaban J connectivity index is 1.32. The smallest absolute Gasteiger partial charge is 0.310 e. The summed E-state index contributed by atoms with van der Waals surface area (Å²) in [5, 5.41) is 0. The highest BCUT2D eigenvalue weighted by atomic mass is 16.5. The molecule has 36 heavy (non-hydrogen) atoms. The molecule has 0 saturated heterocycles. The van der Waals surface area contributed by atoms with Crippen LogP contribution in [0.1, 0.15) is 48.6 Å². The molecular weight excluding hydrogens is 448 g/mol. The quantitative estimate of drug-likeness (QED) is 0.211. The van der Waals surface area contributed by atoms with Crippen molar-refractivity contribution in [1.29, 1.82) is 0 Å². The number of rotatable bonds is 11. The van der Waals surface area contributed by atoms with Crippen LogP contribution in [0.3, 0.4) is 0 Å². The molecule has 0 fully saturated rings. The summed E-state index contributed by atoms with van der Waals surface area (Å²) in [6, 6.07) is 35.6. The normalized spacial score (nSPS) is 11.6. The Morgan fingerprint density at radius 3 is 1.69 bits per heavy atom. The molecule has 0 spiro atoms. The maximum absolute atomic E-state index is 12.4. The molecule has 0 radical (unpaired) electrons. The van der Waals surface area contributed by atoms with Crippen LogP contribution in [0.2, 0.25) is 0 Å². The zero-order valence-electron chi connectivity index (χ0n) is 20.8. The van der Waals surface area contributed by atoms with Crippen LogP contribution in [0.5, 0.6) is 11.5 Å². The lowest BCUT2D eigenvalue weighted by molar-refractivity contribution is -0.144. The van der Waals surface area contributed by atoms with Gasteiger partial charge in [0.25, 0.3) is 0 Å². The first-order valence-electron chi connectivity index (χ1n) is 12.4. The zero-order chi connectivity index (χ0) is 25.2. The van der Waals surface area contributed by atoms with Crippen LogP contribution >= 0.6 is 0 Å². The second-order valence-corrected chi connectivity index (χ2v) is 8.78. The third-order valence-electron chi connectivity index (χ3n) is 5.97. The van der Waals surface area contributed by atoms with E-state index >= 15 is 0 Å². The Kier molecular flexibility index (Phi) is 8.77. The maximum atomic E-state index is 12.4. The summed E-state index contributed by atoms with van der Waals surface area (Å²) in [4.78, 5) is 12.4. The number of hydrogen-bond acceptors (Lipinski definition) is 4. The molecule has 184 valence electrons. The minimum Gasteiger partial charge on any atom is -0.491 e. The molecule has 0 aliphatic heterocycles. The lowest BCUT2D eigenvalue weighted by atomic mass is 10.0. The van der Waals surface area contributed by atoms with Crippen molar-refractivity contribution in [3.63, 3.8) is 0 Å². The Hall–Kier alpha value is -4.05. The zero-order valence-corrected chi connectivity index (χ0v) is 20.8. The van der Waals surface area contributed by atoms with Crippen molar-refractivity contribution >= 4 is 5.97 Å². The van der Waals surface area contributed by atoms with Crippen LogP contribution in [0.25, 0.3) is 0 Å². The predicted molar refractivity (Wildman–Crippen MR) is 142 cm³/mol. The van der Waals surface area contributed by atoms with Crippen LogP contribution in [-0.4, -0.2) is 12.1 Å². The second kappa shape index (κ2) is 12.6. The van der Waals surface area contributed by atoms with Gasteiger partial charge in [0.2, 0.25) is 0 Å². The van der Waals surface area contributed by atoms with E-state index in [1.807, 2.05) is 91.9 Å². The third-order valence-corrected chi connectivity index (χ3v) is 5.97. The molecule has 0 amide bonds. The minimum absolute atomic E-state index is 0.174. The van der Waals surface area contributed by atoms with Crippen molar-refractivity contribution < 1.29 is 19.0 Å². The Labute approximate surface area is 213 Å². The fourth-order valence-corrected chi connectivity index (χ4v) is 3.77. The van der Waals surface area contributed by atoms with Gasteiger partial charge in [0, 0.05) is 0 Å². The maximum Gasteiger partial charge on any atom is 0.310 e. The van der Waals surface area contributed by atoms with E-state index in [0.29, 0.717) is 0 Å². The summed E-state index contributed by atoms with van der Waals surface area (Å²) >= 11 is 0. The van der Waals surface area contributed by atoms with Crippen molar-refractivity contribution in [3.8, 4) is 11.5 Å². The average molecular weight is 481 g/mol. The molecule has 1 atom stereocenters. The molecule has 0 heterocycles.